The van der Waals surface area contributed by atoms with Crippen molar-refractivity contribution in [3.8, 4) is 11.5 Å². The summed E-state index contributed by atoms with van der Waals surface area (Å²) in [5.74, 6) is -1.37. The number of allylic oxidation sites excluding steroid dienone is 1. The average Bonchev–Trinajstić information content (AvgIpc) is 2.67. The second-order valence-corrected chi connectivity index (χ2v) is 6.46. The van der Waals surface area contributed by atoms with Crippen molar-refractivity contribution in [2.75, 3.05) is 7.11 Å². The first kappa shape index (κ1) is 17.4. The van der Waals surface area contributed by atoms with Crippen molar-refractivity contribution in [1.82, 2.24) is 0 Å². The third kappa shape index (κ3) is 2.26. The molecule has 2 aromatic carbocycles. The molecule has 2 atom stereocenters. The highest BCUT2D eigenvalue weighted by molar-refractivity contribution is 6.42. The van der Waals surface area contributed by atoms with E-state index in [1.165, 1.54) is 31.4 Å². The number of carbonyl (C=O) groups is 2. The molecule has 138 valence electrons. The fourth-order valence-corrected chi connectivity index (χ4v) is 3.79. The minimum Gasteiger partial charge on any atom is -0.507 e. The third-order valence-electron chi connectivity index (χ3n) is 5.01. The number of phenols is 1. The topological polar surface area (TPSA) is 124 Å². The van der Waals surface area contributed by atoms with Gasteiger partial charge in [0.25, 0.3) is 0 Å². The molecule has 0 spiro atoms. The Hall–Kier alpha value is -3.00. The van der Waals surface area contributed by atoms with Crippen LogP contribution in [-0.4, -0.2) is 45.2 Å². The monoisotopic (exact) mass is 368 g/mol. The number of phenolic OH excluding ortho intramolecular Hbond substituents is 1. The first-order valence-electron chi connectivity index (χ1n) is 8.24. The lowest BCUT2D eigenvalue weighted by atomic mass is 9.71. The summed E-state index contributed by atoms with van der Waals surface area (Å²) in [6.07, 6.45) is -3.19. The van der Waals surface area contributed by atoms with Crippen LogP contribution in [0.1, 0.15) is 43.5 Å². The Labute approximate surface area is 153 Å². The van der Waals surface area contributed by atoms with Gasteiger partial charge in [0.05, 0.1) is 19.3 Å². The number of aliphatic hydroxyl groups excluding tert-OH is 3. The van der Waals surface area contributed by atoms with Gasteiger partial charge in [-0.15, -0.1) is 0 Å². The van der Waals surface area contributed by atoms with Gasteiger partial charge in [-0.25, -0.2) is 0 Å². The van der Waals surface area contributed by atoms with Gasteiger partial charge in [-0.3, -0.25) is 9.59 Å². The lowest BCUT2D eigenvalue weighted by Crippen LogP contribution is -2.36. The van der Waals surface area contributed by atoms with Gasteiger partial charge in [-0.1, -0.05) is 12.1 Å². The molecule has 0 saturated heterocycles. The molecule has 4 N–H and O–H groups in total. The van der Waals surface area contributed by atoms with Crippen molar-refractivity contribution in [3.05, 3.63) is 63.7 Å². The molecule has 0 aromatic heterocycles. The summed E-state index contributed by atoms with van der Waals surface area (Å²) in [6, 6.07) is 7.22. The van der Waals surface area contributed by atoms with Crippen LogP contribution in [0.2, 0.25) is 0 Å². The molecule has 0 heterocycles. The molecule has 0 aliphatic heterocycles. The molecule has 0 fully saturated rings. The molecule has 7 heteroatoms. The zero-order valence-corrected chi connectivity index (χ0v) is 14.3. The number of benzene rings is 2. The summed E-state index contributed by atoms with van der Waals surface area (Å²) in [4.78, 5) is 26.3. The highest BCUT2D eigenvalue weighted by atomic mass is 16.5. The quantitative estimate of drug-likeness (QED) is 0.626. The third-order valence-corrected chi connectivity index (χ3v) is 5.01. The molecular formula is C20H16O7. The molecule has 2 aliphatic carbocycles. The normalized spacial score (nSPS) is 20.9. The lowest BCUT2D eigenvalue weighted by molar-refractivity contribution is 0.0362. The highest BCUT2D eigenvalue weighted by Gasteiger charge is 2.45. The van der Waals surface area contributed by atoms with Gasteiger partial charge in [0, 0.05) is 22.3 Å². The predicted octanol–water partition coefficient (Wildman–Crippen LogP) is 1.13. The number of methoxy groups -OCH3 is 1. The maximum Gasteiger partial charge on any atom is 0.196 e. The van der Waals surface area contributed by atoms with E-state index in [1.807, 2.05) is 0 Å². The van der Waals surface area contributed by atoms with Crippen LogP contribution in [0.4, 0.5) is 0 Å². The number of aromatic hydroxyl groups is 1. The number of carbonyl (C=O) groups excluding carboxylic acids is 2. The summed E-state index contributed by atoms with van der Waals surface area (Å²) in [7, 11) is 1.36. The van der Waals surface area contributed by atoms with Gasteiger partial charge in [0.15, 0.2) is 11.6 Å². The van der Waals surface area contributed by atoms with E-state index < -0.39 is 30.4 Å². The van der Waals surface area contributed by atoms with Crippen molar-refractivity contribution < 1.29 is 34.8 Å². The number of rotatable bonds is 2. The summed E-state index contributed by atoms with van der Waals surface area (Å²) in [6.45, 7) is -0.400. The molecule has 27 heavy (non-hydrogen) atoms. The van der Waals surface area contributed by atoms with Crippen molar-refractivity contribution in [3.63, 3.8) is 0 Å². The SMILES string of the molecule is COc1cccc2c1C(=O)C1=C(C2=O)c2c(O)cc(CO)cc2[C@@H](O)[C@@H]1O. The van der Waals surface area contributed by atoms with Crippen LogP contribution in [0.3, 0.4) is 0 Å². The second-order valence-electron chi connectivity index (χ2n) is 6.46. The summed E-state index contributed by atoms with van der Waals surface area (Å²) in [5, 5.41) is 40.9. The minimum atomic E-state index is -1.66. The van der Waals surface area contributed by atoms with Crippen LogP contribution in [0.25, 0.3) is 5.57 Å². The smallest absolute Gasteiger partial charge is 0.196 e. The fraction of sp³-hybridized carbons (Fsp3) is 0.200. The Morgan fingerprint density at radius 3 is 2.44 bits per heavy atom. The number of Topliss-reactive ketones (excluding diaryl/α,β-unsaturated/α-hetero) is 2. The standard InChI is InChI=1S/C20H16O7/c1-27-12-4-2-3-9-14(12)19(25)16-15(17(9)23)13-10(18(24)20(16)26)5-8(7-21)6-11(13)22/h2-6,18,20-22,24,26H,7H2,1H3/t18-,20-/m1/s1. The van der Waals surface area contributed by atoms with Crippen LogP contribution in [0, 0.1) is 0 Å². The van der Waals surface area contributed by atoms with E-state index in [9.17, 15) is 30.0 Å². The molecular weight excluding hydrogens is 352 g/mol. The molecule has 0 unspecified atom stereocenters. The van der Waals surface area contributed by atoms with Crippen LogP contribution >= 0.6 is 0 Å². The van der Waals surface area contributed by atoms with E-state index in [-0.39, 0.29) is 44.9 Å². The molecule has 2 aromatic rings. The minimum absolute atomic E-state index is 0.00757. The number of ether oxygens (including phenoxy) is 1. The Balaban J connectivity index is 2.06. The molecule has 7 nitrogen and oxygen atoms in total. The van der Waals surface area contributed by atoms with E-state index >= 15 is 0 Å². The fourth-order valence-electron chi connectivity index (χ4n) is 3.79. The summed E-state index contributed by atoms with van der Waals surface area (Å²) < 4.78 is 5.18. The van der Waals surface area contributed by atoms with Crippen LogP contribution in [-0.2, 0) is 6.61 Å². The van der Waals surface area contributed by atoms with Crippen LogP contribution < -0.4 is 4.74 Å². The van der Waals surface area contributed by atoms with Gasteiger partial charge in [-0.05, 0) is 29.3 Å². The lowest BCUT2D eigenvalue weighted by Gasteiger charge is -2.34. The van der Waals surface area contributed by atoms with E-state index in [0.717, 1.165) is 0 Å². The molecule has 0 amide bonds. The number of ketones is 2. The molecule has 2 aliphatic rings. The number of aliphatic hydroxyl groups is 3. The van der Waals surface area contributed by atoms with Gasteiger partial charge in [-0.2, -0.15) is 0 Å². The number of fused-ring (bicyclic) bond motifs is 3. The van der Waals surface area contributed by atoms with E-state index in [0.29, 0.717) is 5.56 Å². The van der Waals surface area contributed by atoms with Crippen LogP contribution in [0.5, 0.6) is 11.5 Å². The average molecular weight is 368 g/mol. The Morgan fingerprint density at radius 2 is 1.78 bits per heavy atom. The van der Waals surface area contributed by atoms with E-state index in [2.05, 4.69) is 0 Å². The Morgan fingerprint density at radius 1 is 1.04 bits per heavy atom. The van der Waals surface area contributed by atoms with Crippen molar-refractivity contribution >= 4 is 17.1 Å². The summed E-state index contributed by atoms with van der Waals surface area (Å²) >= 11 is 0. The zero-order chi connectivity index (χ0) is 19.5. The zero-order valence-electron chi connectivity index (χ0n) is 14.3. The molecule has 4 rings (SSSR count). The van der Waals surface area contributed by atoms with Gasteiger partial charge in [0.1, 0.15) is 23.7 Å². The Kier molecular flexibility index (Phi) is 3.88. The molecule has 0 bridgehead atoms. The van der Waals surface area contributed by atoms with Crippen LogP contribution in [0.15, 0.2) is 35.9 Å². The second kappa shape index (κ2) is 6.02. The largest absolute Gasteiger partial charge is 0.507 e. The highest BCUT2D eigenvalue weighted by Crippen LogP contribution is 2.48. The maximum atomic E-state index is 13.2. The number of hydrogen-bond donors (Lipinski definition) is 4. The van der Waals surface area contributed by atoms with Gasteiger partial charge in [0.2, 0.25) is 0 Å². The maximum absolute atomic E-state index is 13.2. The van der Waals surface area contributed by atoms with E-state index in [4.69, 9.17) is 4.74 Å². The van der Waals surface area contributed by atoms with Gasteiger partial charge < -0.3 is 25.2 Å². The number of hydrogen-bond acceptors (Lipinski definition) is 7. The Bertz CT molecular complexity index is 1030. The molecule has 0 saturated carbocycles. The molecule has 0 radical (unpaired) electrons. The van der Waals surface area contributed by atoms with Crippen molar-refractivity contribution in [1.29, 1.82) is 0 Å². The van der Waals surface area contributed by atoms with E-state index in [1.54, 1.807) is 6.07 Å². The summed E-state index contributed by atoms with van der Waals surface area (Å²) in [5.41, 5.74) is 0.0746. The first-order valence-corrected chi connectivity index (χ1v) is 8.24. The first-order chi connectivity index (χ1) is 12.9. The predicted molar refractivity (Wildman–Crippen MR) is 93.6 cm³/mol. The van der Waals surface area contributed by atoms with Crippen molar-refractivity contribution in [2.45, 2.75) is 18.8 Å². The van der Waals surface area contributed by atoms with Crippen molar-refractivity contribution in [2.24, 2.45) is 0 Å². The van der Waals surface area contributed by atoms with Gasteiger partial charge >= 0.3 is 0 Å².